The molecule has 0 saturated carbocycles. The highest BCUT2D eigenvalue weighted by atomic mass is 16.5. The van der Waals surface area contributed by atoms with E-state index < -0.39 is 0 Å². The molecule has 0 aliphatic rings. The number of hydrogen-bond donors (Lipinski definition) is 1. The molecule has 0 aliphatic heterocycles. The summed E-state index contributed by atoms with van der Waals surface area (Å²) in [6, 6.07) is 9.03. The van der Waals surface area contributed by atoms with E-state index in [1.165, 1.54) is 11.1 Å². The molecule has 1 atom stereocenters. The fraction of sp³-hybridized carbons (Fsp3) is 0.625. The van der Waals surface area contributed by atoms with Gasteiger partial charge in [-0.3, -0.25) is 0 Å². The van der Waals surface area contributed by atoms with Crippen LogP contribution in [0.5, 0.6) is 0 Å². The Hall–Kier alpha value is -0.860. The second kappa shape index (κ2) is 8.28. The van der Waals surface area contributed by atoms with Crippen LogP contribution in [0.2, 0.25) is 0 Å². The van der Waals surface area contributed by atoms with Gasteiger partial charge in [0.25, 0.3) is 0 Å². The zero-order valence-electron chi connectivity index (χ0n) is 12.2. The molecule has 0 amide bonds. The van der Waals surface area contributed by atoms with Crippen molar-refractivity contribution in [2.45, 2.75) is 40.2 Å². The third-order valence-electron chi connectivity index (χ3n) is 2.86. The number of hydrogen-bond acceptors (Lipinski definition) is 2. The lowest BCUT2D eigenvalue weighted by Gasteiger charge is -2.20. The summed E-state index contributed by atoms with van der Waals surface area (Å²) in [5.41, 5.74) is 2.62. The quantitative estimate of drug-likeness (QED) is 0.758. The van der Waals surface area contributed by atoms with Crippen LogP contribution in [0, 0.1) is 12.8 Å². The van der Waals surface area contributed by atoms with E-state index >= 15 is 0 Å². The second-order valence-corrected chi connectivity index (χ2v) is 5.35. The van der Waals surface area contributed by atoms with Gasteiger partial charge in [-0.2, -0.15) is 0 Å². The maximum absolute atomic E-state index is 5.78. The van der Waals surface area contributed by atoms with Crippen LogP contribution in [0.15, 0.2) is 24.3 Å². The van der Waals surface area contributed by atoms with E-state index in [4.69, 9.17) is 4.74 Å². The fourth-order valence-corrected chi connectivity index (χ4v) is 1.81. The maximum Gasteiger partial charge on any atom is 0.0661 e. The van der Waals surface area contributed by atoms with Crippen LogP contribution in [0.4, 0.5) is 0 Å². The molecular weight excluding hydrogens is 222 g/mol. The third kappa shape index (κ3) is 5.65. The molecule has 2 nitrogen and oxygen atoms in total. The van der Waals surface area contributed by atoms with E-state index in [0.29, 0.717) is 12.0 Å². The molecule has 0 radical (unpaired) electrons. The molecule has 18 heavy (non-hydrogen) atoms. The molecule has 1 rings (SSSR count). The molecule has 0 bridgehead atoms. The molecule has 1 N–H and O–H groups in total. The average molecular weight is 249 g/mol. The standard InChI is InChI=1S/C16H27NO/c1-5-10-17-16(12-18-11-13(2)3)15-8-6-14(4)7-9-15/h6-9,13,16-17H,5,10-12H2,1-4H3. The first-order chi connectivity index (χ1) is 8.63. The monoisotopic (exact) mass is 249 g/mol. The van der Waals surface area contributed by atoms with Crippen LogP contribution in [-0.4, -0.2) is 19.8 Å². The highest BCUT2D eigenvalue weighted by Gasteiger charge is 2.10. The maximum atomic E-state index is 5.78. The average Bonchev–Trinajstić information content (AvgIpc) is 2.34. The zero-order chi connectivity index (χ0) is 13.4. The summed E-state index contributed by atoms with van der Waals surface area (Å²) in [5.74, 6) is 0.592. The van der Waals surface area contributed by atoms with Crippen molar-refractivity contribution in [1.29, 1.82) is 0 Å². The normalized spacial score (nSPS) is 12.9. The van der Waals surface area contributed by atoms with Crippen molar-refractivity contribution in [1.82, 2.24) is 5.32 Å². The molecule has 0 spiro atoms. The van der Waals surface area contributed by atoms with Crippen molar-refractivity contribution in [2.75, 3.05) is 19.8 Å². The van der Waals surface area contributed by atoms with Crippen LogP contribution in [0.3, 0.4) is 0 Å². The first kappa shape index (κ1) is 15.2. The van der Waals surface area contributed by atoms with Crippen molar-refractivity contribution in [3.63, 3.8) is 0 Å². The number of ether oxygens (including phenoxy) is 1. The summed E-state index contributed by atoms with van der Waals surface area (Å²) < 4.78 is 5.78. The molecule has 0 aliphatic carbocycles. The molecular formula is C16H27NO. The second-order valence-electron chi connectivity index (χ2n) is 5.35. The van der Waals surface area contributed by atoms with Crippen molar-refractivity contribution < 1.29 is 4.74 Å². The van der Waals surface area contributed by atoms with Gasteiger partial charge < -0.3 is 10.1 Å². The van der Waals surface area contributed by atoms with E-state index in [2.05, 4.69) is 57.3 Å². The molecule has 2 heteroatoms. The first-order valence-corrected chi connectivity index (χ1v) is 7.01. The van der Waals surface area contributed by atoms with Crippen molar-refractivity contribution in [3.8, 4) is 0 Å². The summed E-state index contributed by atoms with van der Waals surface area (Å²) in [6.45, 7) is 11.3. The Bertz CT molecular complexity index is 318. The predicted molar refractivity (Wildman–Crippen MR) is 77.9 cm³/mol. The molecule has 0 saturated heterocycles. The van der Waals surface area contributed by atoms with Gasteiger partial charge in [-0.25, -0.2) is 0 Å². The van der Waals surface area contributed by atoms with Crippen molar-refractivity contribution in [2.24, 2.45) is 5.92 Å². The smallest absolute Gasteiger partial charge is 0.0661 e. The van der Waals surface area contributed by atoms with Crippen LogP contribution < -0.4 is 5.32 Å². The van der Waals surface area contributed by atoms with E-state index in [9.17, 15) is 0 Å². The largest absolute Gasteiger partial charge is 0.379 e. The van der Waals surface area contributed by atoms with Gasteiger partial charge in [0.05, 0.1) is 12.6 Å². The number of aryl methyl sites for hydroxylation is 1. The number of nitrogens with one attached hydrogen (secondary N) is 1. The Balaban J connectivity index is 2.56. The van der Waals surface area contributed by atoms with E-state index in [1.54, 1.807) is 0 Å². The van der Waals surface area contributed by atoms with Gasteiger partial charge in [0, 0.05) is 6.61 Å². The molecule has 1 aromatic rings. The SMILES string of the molecule is CCCNC(COCC(C)C)c1ccc(C)cc1. The Kier molecular flexibility index (Phi) is 6.99. The van der Waals surface area contributed by atoms with Gasteiger partial charge in [-0.1, -0.05) is 50.6 Å². The van der Waals surface area contributed by atoms with E-state index in [0.717, 1.165) is 26.2 Å². The minimum atomic E-state index is 0.310. The van der Waals surface area contributed by atoms with Crippen molar-refractivity contribution >= 4 is 0 Å². The van der Waals surface area contributed by atoms with Crippen LogP contribution in [-0.2, 0) is 4.74 Å². The Morgan fingerprint density at radius 1 is 1.11 bits per heavy atom. The molecule has 102 valence electrons. The predicted octanol–water partition coefficient (Wildman–Crippen LogP) is 3.71. The molecule has 1 unspecified atom stereocenters. The third-order valence-corrected chi connectivity index (χ3v) is 2.86. The molecule has 0 heterocycles. The summed E-state index contributed by atoms with van der Waals surface area (Å²) in [7, 11) is 0. The fourth-order valence-electron chi connectivity index (χ4n) is 1.81. The topological polar surface area (TPSA) is 21.3 Å². The Morgan fingerprint density at radius 2 is 1.78 bits per heavy atom. The van der Waals surface area contributed by atoms with Gasteiger partial charge in [0.1, 0.15) is 0 Å². The summed E-state index contributed by atoms with van der Waals surface area (Å²) in [6.07, 6.45) is 1.15. The van der Waals surface area contributed by atoms with Gasteiger partial charge in [0.15, 0.2) is 0 Å². The summed E-state index contributed by atoms with van der Waals surface area (Å²) in [5, 5.41) is 3.55. The number of rotatable bonds is 8. The van der Waals surface area contributed by atoms with Gasteiger partial charge >= 0.3 is 0 Å². The van der Waals surface area contributed by atoms with Crippen LogP contribution >= 0.6 is 0 Å². The first-order valence-electron chi connectivity index (χ1n) is 7.01. The van der Waals surface area contributed by atoms with Crippen LogP contribution in [0.25, 0.3) is 0 Å². The van der Waals surface area contributed by atoms with Gasteiger partial charge in [0.2, 0.25) is 0 Å². The molecule has 1 aromatic carbocycles. The minimum Gasteiger partial charge on any atom is -0.379 e. The Labute approximate surface area is 112 Å². The lowest BCUT2D eigenvalue weighted by molar-refractivity contribution is 0.0901. The van der Waals surface area contributed by atoms with Gasteiger partial charge in [-0.15, -0.1) is 0 Å². The highest BCUT2D eigenvalue weighted by Crippen LogP contribution is 2.15. The summed E-state index contributed by atoms with van der Waals surface area (Å²) >= 11 is 0. The number of benzene rings is 1. The Morgan fingerprint density at radius 3 is 2.33 bits per heavy atom. The lowest BCUT2D eigenvalue weighted by Crippen LogP contribution is -2.27. The summed E-state index contributed by atoms with van der Waals surface area (Å²) in [4.78, 5) is 0. The highest BCUT2D eigenvalue weighted by molar-refractivity contribution is 5.24. The minimum absolute atomic E-state index is 0.310. The lowest BCUT2D eigenvalue weighted by atomic mass is 10.1. The molecule has 0 fully saturated rings. The van der Waals surface area contributed by atoms with Crippen LogP contribution in [0.1, 0.15) is 44.4 Å². The van der Waals surface area contributed by atoms with E-state index in [1.807, 2.05) is 0 Å². The van der Waals surface area contributed by atoms with Crippen molar-refractivity contribution in [3.05, 3.63) is 35.4 Å². The van der Waals surface area contributed by atoms with Gasteiger partial charge in [-0.05, 0) is 31.4 Å². The van der Waals surface area contributed by atoms with E-state index in [-0.39, 0.29) is 0 Å². The molecule has 0 aromatic heterocycles. The zero-order valence-corrected chi connectivity index (χ0v) is 12.2.